The zero-order valence-electron chi connectivity index (χ0n) is 9.25. The Morgan fingerprint density at radius 3 is 2.84 bits per heavy atom. The van der Waals surface area contributed by atoms with E-state index >= 15 is 0 Å². The minimum absolute atomic E-state index is 0.0301. The Kier molecular flexibility index (Phi) is 4.11. The van der Waals surface area contributed by atoms with Gasteiger partial charge in [-0.15, -0.1) is 0 Å². The highest BCUT2D eigenvalue weighted by molar-refractivity contribution is 9.10. The summed E-state index contributed by atoms with van der Waals surface area (Å²) in [6.07, 6.45) is 1.42. The van der Waals surface area contributed by atoms with Crippen LogP contribution in [-0.2, 0) is 0 Å². The molecule has 2 rings (SSSR count). The predicted octanol–water partition coefficient (Wildman–Crippen LogP) is 4.03. The molecule has 1 aromatic carbocycles. The predicted molar refractivity (Wildman–Crippen MR) is 71.3 cm³/mol. The third-order valence-corrected chi connectivity index (χ3v) is 2.98. The summed E-state index contributed by atoms with van der Waals surface area (Å²) >= 11 is 8.91. The van der Waals surface area contributed by atoms with Crippen molar-refractivity contribution >= 4 is 39.1 Å². The lowest BCUT2D eigenvalue weighted by molar-refractivity contribution is 0.102. The average Bonchev–Trinajstić information content (AvgIpc) is 2.38. The lowest BCUT2D eigenvalue weighted by Crippen LogP contribution is -2.14. The van der Waals surface area contributed by atoms with E-state index in [1.807, 2.05) is 0 Å². The fourth-order valence-corrected chi connectivity index (χ4v) is 1.89. The second-order valence-corrected chi connectivity index (χ2v) is 4.82. The second kappa shape index (κ2) is 5.63. The van der Waals surface area contributed by atoms with Crippen molar-refractivity contribution in [2.24, 2.45) is 0 Å². The molecule has 7 heteroatoms. The van der Waals surface area contributed by atoms with Gasteiger partial charge in [-0.2, -0.15) is 0 Å². The minimum Gasteiger partial charge on any atom is -0.319 e. The van der Waals surface area contributed by atoms with Gasteiger partial charge >= 0.3 is 0 Å². The van der Waals surface area contributed by atoms with Crippen LogP contribution in [0.1, 0.15) is 10.4 Å². The number of benzene rings is 1. The van der Waals surface area contributed by atoms with Crippen LogP contribution in [-0.4, -0.2) is 10.9 Å². The molecule has 98 valence electrons. The van der Waals surface area contributed by atoms with Gasteiger partial charge in [-0.05, 0) is 34.1 Å². The zero-order chi connectivity index (χ0) is 14.0. The van der Waals surface area contributed by atoms with Gasteiger partial charge < -0.3 is 5.32 Å². The average molecular weight is 348 g/mol. The molecule has 0 radical (unpaired) electrons. The maximum Gasteiger partial charge on any atom is 0.258 e. The van der Waals surface area contributed by atoms with Gasteiger partial charge in [0.2, 0.25) is 0 Å². The van der Waals surface area contributed by atoms with E-state index in [-0.39, 0.29) is 16.4 Å². The Morgan fingerprint density at radius 2 is 2.11 bits per heavy atom. The summed E-state index contributed by atoms with van der Waals surface area (Å²) < 4.78 is 27.0. The van der Waals surface area contributed by atoms with Gasteiger partial charge in [0.15, 0.2) is 11.6 Å². The van der Waals surface area contributed by atoms with Gasteiger partial charge in [-0.1, -0.05) is 17.7 Å². The molecular formula is C12H6BrClF2N2O. The molecule has 1 amide bonds. The molecule has 1 N–H and O–H groups in total. The van der Waals surface area contributed by atoms with Crippen molar-refractivity contribution < 1.29 is 13.6 Å². The number of hydrogen-bond acceptors (Lipinski definition) is 2. The highest BCUT2D eigenvalue weighted by atomic mass is 79.9. The van der Waals surface area contributed by atoms with Crippen LogP contribution < -0.4 is 5.32 Å². The third-order valence-electron chi connectivity index (χ3n) is 2.25. The summed E-state index contributed by atoms with van der Waals surface area (Å²) in [6, 6.07) is 4.92. The van der Waals surface area contributed by atoms with Crippen molar-refractivity contribution in [1.82, 2.24) is 4.98 Å². The number of amides is 1. The van der Waals surface area contributed by atoms with Gasteiger partial charge in [0.25, 0.3) is 5.91 Å². The third kappa shape index (κ3) is 3.08. The Hall–Kier alpha value is -1.53. The quantitative estimate of drug-likeness (QED) is 0.834. The lowest BCUT2D eigenvalue weighted by Gasteiger charge is -2.07. The largest absolute Gasteiger partial charge is 0.319 e. The Labute approximate surface area is 120 Å². The monoisotopic (exact) mass is 346 g/mol. The van der Waals surface area contributed by atoms with Crippen molar-refractivity contribution in [3.63, 3.8) is 0 Å². The number of aromatic nitrogens is 1. The van der Waals surface area contributed by atoms with Crippen molar-refractivity contribution in [3.8, 4) is 0 Å². The number of nitrogens with zero attached hydrogens (tertiary/aromatic N) is 1. The van der Waals surface area contributed by atoms with Gasteiger partial charge in [-0.25, -0.2) is 13.8 Å². The first-order valence-corrected chi connectivity index (χ1v) is 6.22. The number of anilines is 1. The van der Waals surface area contributed by atoms with Gasteiger partial charge in [0, 0.05) is 10.7 Å². The van der Waals surface area contributed by atoms with Crippen molar-refractivity contribution in [2.75, 3.05) is 5.32 Å². The molecule has 2 aromatic rings. The second-order valence-electron chi connectivity index (χ2n) is 3.55. The maximum atomic E-state index is 13.4. The van der Waals surface area contributed by atoms with E-state index in [0.717, 1.165) is 6.07 Å². The molecule has 0 saturated carbocycles. The summed E-state index contributed by atoms with van der Waals surface area (Å²) in [5, 5.41) is 2.21. The van der Waals surface area contributed by atoms with Crippen LogP contribution in [0.25, 0.3) is 0 Å². The fourth-order valence-electron chi connectivity index (χ4n) is 1.37. The zero-order valence-corrected chi connectivity index (χ0v) is 11.6. The molecule has 0 aliphatic heterocycles. The molecule has 1 heterocycles. The van der Waals surface area contributed by atoms with Crippen LogP contribution in [0.3, 0.4) is 0 Å². The maximum absolute atomic E-state index is 13.4. The van der Waals surface area contributed by atoms with Crippen LogP contribution >= 0.6 is 27.5 Å². The summed E-state index contributed by atoms with van der Waals surface area (Å²) in [5.74, 6) is -2.85. The molecule has 0 fully saturated rings. The van der Waals surface area contributed by atoms with Crippen LogP contribution in [0, 0.1) is 11.6 Å². The van der Waals surface area contributed by atoms with E-state index in [1.165, 1.54) is 24.4 Å². The van der Waals surface area contributed by atoms with E-state index in [9.17, 15) is 13.6 Å². The van der Waals surface area contributed by atoms with Gasteiger partial charge in [-0.3, -0.25) is 4.79 Å². The molecule has 0 aliphatic rings. The van der Waals surface area contributed by atoms with Crippen LogP contribution in [0.4, 0.5) is 14.5 Å². The number of carbonyl (C=O) groups excluding carboxylic acids is 1. The van der Waals surface area contributed by atoms with Crippen molar-refractivity contribution in [1.29, 1.82) is 0 Å². The van der Waals surface area contributed by atoms with E-state index in [2.05, 4.69) is 26.2 Å². The Bertz CT molecular complexity index is 652. The lowest BCUT2D eigenvalue weighted by atomic mass is 10.2. The standard InChI is InChI=1S/C12H6BrClF2N2O/c13-6-4-7(11(14)17-5-6)12(19)18-9-3-1-2-8(15)10(9)16/h1-5H,(H,18,19). The molecule has 0 aliphatic carbocycles. The van der Waals surface area contributed by atoms with Crippen molar-refractivity contribution in [3.05, 3.63) is 57.3 Å². The molecule has 0 saturated heterocycles. The summed E-state index contributed by atoms with van der Waals surface area (Å²) in [6.45, 7) is 0. The highest BCUT2D eigenvalue weighted by Crippen LogP contribution is 2.21. The van der Waals surface area contributed by atoms with E-state index in [4.69, 9.17) is 11.6 Å². The van der Waals surface area contributed by atoms with Crippen LogP contribution in [0.15, 0.2) is 34.9 Å². The van der Waals surface area contributed by atoms with Crippen LogP contribution in [0.2, 0.25) is 5.15 Å². The molecular weight excluding hydrogens is 341 g/mol. The van der Waals surface area contributed by atoms with Gasteiger partial charge in [0.1, 0.15) is 5.15 Å². The molecule has 0 atom stereocenters. The first-order valence-electron chi connectivity index (χ1n) is 5.05. The summed E-state index contributed by atoms with van der Waals surface area (Å²) in [4.78, 5) is 15.7. The SMILES string of the molecule is O=C(Nc1cccc(F)c1F)c1cc(Br)cnc1Cl. The number of hydrogen-bond donors (Lipinski definition) is 1. The molecule has 1 aromatic heterocycles. The molecule has 0 bridgehead atoms. The highest BCUT2D eigenvalue weighted by Gasteiger charge is 2.15. The Morgan fingerprint density at radius 1 is 1.37 bits per heavy atom. The molecule has 0 spiro atoms. The number of halogens is 4. The molecule has 3 nitrogen and oxygen atoms in total. The first-order chi connectivity index (χ1) is 8.99. The summed E-state index contributed by atoms with van der Waals surface area (Å²) in [5.41, 5.74) is -0.208. The van der Waals surface area contributed by atoms with Crippen LogP contribution in [0.5, 0.6) is 0 Å². The normalized spacial score (nSPS) is 10.3. The number of rotatable bonds is 2. The molecule has 19 heavy (non-hydrogen) atoms. The minimum atomic E-state index is -1.13. The van der Waals surface area contributed by atoms with E-state index < -0.39 is 17.5 Å². The first kappa shape index (κ1) is 13.9. The molecule has 0 unspecified atom stereocenters. The smallest absolute Gasteiger partial charge is 0.258 e. The topological polar surface area (TPSA) is 42.0 Å². The van der Waals surface area contributed by atoms with E-state index in [1.54, 1.807) is 0 Å². The van der Waals surface area contributed by atoms with E-state index in [0.29, 0.717) is 4.47 Å². The van der Waals surface area contributed by atoms with Gasteiger partial charge in [0.05, 0.1) is 11.3 Å². The number of nitrogens with one attached hydrogen (secondary N) is 1. The number of carbonyl (C=O) groups is 1. The summed E-state index contributed by atoms with van der Waals surface area (Å²) in [7, 11) is 0. The Balaban J connectivity index is 2.31. The fraction of sp³-hybridized carbons (Fsp3) is 0. The number of pyridine rings is 1. The van der Waals surface area contributed by atoms with Crippen molar-refractivity contribution in [2.45, 2.75) is 0 Å².